The third kappa shape index (κ3) is 3.30. The van der Waals surface area contributed by atoms with E-state index in [1.165, 1.54) is 0 Å². The van der Waals surface area contributed by atoms with Crippen LogP contribution in [0.1, 0.15) is 56.0 Å². The van der Waals surface area contributed by atoms with Crippen molar-refractivity contribution in [1.29, 1.82) is 0 Å². The molecule has 5 heteroatoms. The highest BCUT2D eigenvalue weighted by Gasteiger charge is 2.33. The Morgan fingerprint density at radius 2 is 2.17 bits per heavy atom. The van der Waals surface area contributed by atoms with Crippen molar-refractivity contribution in [2.45, 2.75) is 44.6 Å². The molecule has 1 saturated heterocycles. The summed E-state index contributed by atoms with van der Waals surface area (Å²) in [5.41, 5.74) is 1.05. The molecule has 0 spiro atoms. The number of methoxy groups -OCH3 is 1. The zero-order valence-electron chi connectivity index (χ0n) is 14.4. The summed E-state index contributed by atoms with van der Waals surface area (Å²) in [6.45, 7) is 2.87. The van der Waals surface area contributed by atoms with E-state index < -0.39 is 0 Å². The Bertz CT molecular complexity index is 652. The quantitative estimate of drug-likeness (QED) is 0.911. The number of amides is 1. The Morgan fingerprint density at radius 3 is 2.79 bits per heavy atom. The number of likely N-dealkylation sites (tertiary alicyclic amines) is 1. The molecule has 1 fully saturated rings. The molecule has 0 bridgehead atoms. The maximum Gasteiger partial charge on any atom is 0.230 e. The molecule has 128 valence electrons. The van der Waals surface area contributed by atoms with Crippen LogP contribution >= 0.6 is 0 Å². The Hall–Kier alpha value is -2.30. The van der Waals surface area contributed by atoms with Crippen molar-refractivity contribution < 1.29 is 9.53 Å². The highest BCUT2D eigenvalue weighted by atomic mass is 16.5. The first kappa shape index (κ1) is 16.6. The third-order valence-electron chi connectivity index (χ3n) is 4.85. The molecule has 1 aliphatic rings. The van der Waals surface area contributed by atoms with E-state index in [1.54, 1.807) is 13.3 Å². The molecule has 5 nitrogen and oxygen atoms in total. The molecule has 3 rings (SSSR count). The van der Waals surface area contributed by atoms with Crippen molar-refractivity contribution in [2.75, 3.05) is 13.7 Å². The molecule has 1 aromatic carbocycles. The summed E-state index contributed by atoms with van der Waals surface area (Å²) in [7, 11) is 1.65. The number of hydrogen-bond donors (Lipinski definition) is 1. The number of aromatic nitrogens is 2. The number of nitrogens with zero attached hydrogens (tertiary/aromatic N) is 2. The number of hydrogen-bond acceptors (Lipinski definition) is 3. The van der Waals surface area contributed by atoms with Crippen LogP contribution < -0.4 is 4.74 Å². The Balaban J connectivity index is 1.83. The van der Waals surface area contributed by atoms with Gasteiger partial charge in [0.05, 0.1) is 19.1 Å². The van der Waals surface area contributed by atoms with Gasteiger partial charge in [0.2, 0.25) is 5.91 Å². The Morgan fingerprint density at radius 1 is 1.38 bits per heavy atom. The molecule has 0 radical (unpaired) electrons. The molecule has 1 N–H and O–H groups in total. The molecule has 2 heterocycles. The van der Waals surface area contributed by atoms with Crippen LogP contribution in [0.3, 0.4) is 0 Å². The smallest absolute Gasteiger partial charge is 0.230 e. The van der Waals surface area contributed by atoms with Gasteiger partial charge in [-0.15, -0.1) is 0 Å². The predicted octanol–water partition coefficient (Wildman–Crippen LogP) is 3.67. The van der Waals surface area contributed by atoms with Gasteiger partial charge >= 0.3 is 0 Å². The van der Waals surface area contributed by atoms with Gasteiger partial charge in [-0.05, 0) is 43.4 Å². The highest BCUT2D eigenvalue weighted by Crippen LogP contribution is 2.33. The van der Waals surface area contributed by atoms with E-state index in [9.17, 15) is 4.79 Å². The minimum atomic E-state index is -0.119. The largest absolute Gasteiger partial charge is 0.497 e. The predicted molar refractivity (Wildman–Crippen MR) is 92.9 cm³/mol. The normalized spacial score (nSPS) is 19.1. The zero-order valence-corrected chi connectivity index (χ0v) is 14.4. The molecule has 2 atom stereocenters. The van der Waals surface area contributed by atoms with Crippen molar-refractivity contribution >= 4 is 5.91 Å². The van der Waals surface area contributed by atoms with Crippen molar-refractivity contribution in [2.24, 2.45) is 0 Å². The molecule has 0 aliphatic carbocycles. The molecule has 24 heavy (non-hydrogen) atoms. The fourth-order valence-electron chi connectivity index (χ4n) is 3.53. The van der Waals surface area contributed by atoms with Gasteiger partial charge in [0, 0.05) is 18.9 Å². The first-order valence-corrected chi connectivity index (χ1v) is 8.68. The summed E-state index contributed by atoms with van der Waals surface area (Å²) < 4.78 is 5.22. The second-order valence-corrected chi connectivity index (χ2v) is 6.25. The highest BCUT2D eigenvalue weighted by molar-refractivity contribution is 5.84. The molecule has 1 aliphatic heterocycles. The third-order valence-corrected chi connectivity index (χ3v) is 4.85. The van der Waals surface area contributed by atoms with Crippen molar-refractivity contribution in [1.82, 2.24) is 14.9 Å². The molecule has 0 saturated carbocycles. The van der Waals surface area contributed by atoms with Gasteiger partial charge in [0.25, 0.3) is 0 Å². The number of nitrogens with one attached hydrogen (secondary N) is 1. The van der Waals surface area contributed by atoms with Crippen LogP contribution in [0.25, 0.3) is 0 Å². The number of aromatic amines is 1. The second-order valence-electron chi connectivity index (χ2n) is 6.25. The summed E-state index contributed by atoms with van der Waals surface area (Å²) in [5.74, 6) is 1.79. The number of H-pyrrole nitrogens is 1. The standard InChI is InChI=1S/C19H25N3O2/c1-3-16(14-7-9-15(24-2)10-8-14)19(23)22-13-5-4-6-17(22)18-20-11-12-21-18/h7-12,16-17H,3-6,13H2,1-2H3,(H,20,21). The van der Waals surface area contributed by atoms with Gasteiger partial charge in [-0.3, -0.25) is 4.79 Å². The van der Waals surface area contributed by atoms with Gasteiger partial charge in [-0.25, -0.2) is 4.98 Å². The van der Waals surface area contributed by atoms with Gasteiger partial charge in [0.15, 0.2) is 0 Å². The van der Waals surface area contributed by atoms with Crippen molar-refractivity contribution in [3.63, 3.8) is 0 Å². The minimum absolute atomic E-state index is 0.0635. The number of ether oxygens (including phenoxy) is 1. The number of piperidine rings is 1. The fraction of sp³-hybridized carbons (Fsp3) is 0.474. The van der Waals surface area contributed by atoms with Crippen LogP contribution in [-0.4, -0.2) is 34.4 Å². The van der Waals surface area contributed by atoms with E-state index >= 15 is 0 Å². The topological polar surface area (TPSA) is 58.2 Å². The summed E-state index contributed by atoms with van der Waals surface area (Å²) in [5, 5.41) is 0. The van der Waals surface area contributed by atoms with Gasteiger partial charge in [0.1, 0.15) is 11.6 Å². The molecule has 1 amide bonds. The van der Waals surface area contributed by atoms with Crippen molar-refractivity contribution in [3.05, 3.63) is 48.0 Å². The van der Waals surface area contributed by atoms with Crippen LogP contribution in [0.15, 0.2) is 36.7 Å². The summed E-state index contributed by atoms with van der Waals surface area (Å²) >= 11 is 0. The van der Waals surface area contributed by atoms with Crippen LogP contribution in [0.5, 0.6) is 5.75 Å². The number of benzene rings is 1. The van der Waals surface area contributed by atoms with Crippen LogP contribution in [0, 0.1) is 0 Å². The minimum Gasteiger partial charge on any atom is -0.497 e. The molecule has 2 aromatic rings. The fourth-order valence-corrected chi connectivity index (χ4v) is 3.53. The Labute approximate surface area is 143 Å². The maximum atomic E-state index is 13.2. The maximum absolute atomic E-state index is 13.2. The number of carbonyl (C=O) groups excluding carboxylic acids is 1. The summed E-state index contributed by atoms with van der Waals surface area (Å²) in [6, 6.07) is 7.90. The lowest BCUT2D eigenvalue weighted by Gasteiger charge is -2.37. The Kier molecular flexibility index (Phi) is 5.18. The SMILES string of the molecule is CCC(C(=O)N1CCCCC1c1ncc[nH]1)c1ccc(OC)cc1. The van der Waals surface area contributed by atoms with E-state index in [0.29, 0.717) is 0 Å². The van der Waals surface area contributed by atoms with Gasteiger partial charge in [-0.2, -0.15) is 0 Å². The monoisotopic (exact) mass is 327 g/mol. The summed E-state index contributed by atoms with van der Waals surface area (Å²) in [4.78, 5) is 22.8. The summed E-state index contributed by atoms with van der Waals surface area (Å²) in [6.07, 6.45) is 7.53. The van der Waals surface area contributed by atoms with Crippen LogP contribution in [0.2, 0.25) is 0 Å². The lowest BCUT2D eigenvalue weighted by molar-refractivity contribution is -0.137. The van der Waals surface area contributed by atoms with E-state index in [1.807, 2.05) is 35.4 Å². The molecule has 1 aromatic heterocycles. The van der Waals surface area contributed by atoms with E-state index in [-0.39, 0.29) is 17.9 Å². The van der Waals surface area contributed by atoms with E-state index in [4.69, 9.17) is 4.74 Å². The average molecular weight is 327 g/mol. The molecular weight excluding hydrogens is 302 g/mol. The molecular formula is C19H25N3O2. The van der Waals surface area contributed by atoms with Gasteiger partial charge < -0.3 is 14.6 Å². The molecule has 2 unspecified atom stereocenters. The average Bonchev–Trinajstić information content (AvgIpc) is 3.17. The first-order valence-electron chi connectivity index (χ1n) is 8.68. The lowest BCUT2D eigenvalue weighted by atomic mass is 9.92. The van der Waals surface area contributed by atoms with E-state index in [2.05, 4.69) is 16.9 Å². The van der Waals surface area contributed by atoms with Gasteiger partial charge in [-0.1, -0.05) is 19.1 Å². The number of imidazole rings is 1. The van der Waals surface area contributed by atoms with Crippen LogP contribution in [-0.2, 0) is 4.79 Å². The number of rotatable bonds is 5. The van der Waals surface area contributed by atoms with Crippen LogP contribution in [0.4, 0.5) is 0 Å². The second kappa shape index (κ2) is 7.51. The first-order chi connectivity index (χ1) is 11.7. The lowest BCUT2D eigenvalue weighted by Crippen LogP contribution is -2.41. The zero-order chi connectivity index (χ0) is 16.9. The number of carbonyl (C=O) groups is 1. The van der Waals surface area contributed by atoms with Crippen molar-refractivity contribution in [3.8, 4) is 5.75 Å². The van der Waals surface area contributed by atoms with E-state index in [0.717, 1.165) is 49.4 Å².